The quantitative estimate of drug-likeness (QED) is 0.224. The average molecular weight is 363 g/mol. The Morgan fingerprint density at radius 3 is 2.19 bits per heavy atom. The van der Waals surface area contributed by atoms with Crippen LogP contribution in [0, 0.1) is 0 Å². The standard InChI is InChI=1S/C22H34O4/c1-2-3-14-17-20(23)21(24)18-15-12-10-8-6-4-5-7-9-11-13-16-19-22(25)26/h3-6,8,10,12,14-15,18,20-21,23-24H,2,7,9,11,13,16-17,19H2,1H3,(H,25,26)/b5-4+,8-6-,12-10-,14-3-,18-15+. The predicted octanol–water partition coefficient (Wildman–Crippen LogP) is 4.71. The molecule has 0 aliphatic heterocycles. The van der Waals surface area contributed by atoms with Gasteiger partial charge >= 0.3 is 5.97 Å². The van der Waals surface area contributed by atoms with Gasteiger partial charge in [0.1, 0.15) is 0 Å². The lowest BCUT2D eigenvalue weighted by Gasteiger charge is -2.11. The van der Waals surface area contributed by atoms with Crippen LogP contribution in [0.25, 0.3) is 0 Å². The van der Waals surface area contributed by atoms with Gasteiger partial charge < -0.3 is 15.3 Å². The fourth-order valence-electron chi connectivity index (χ4n) is 2.17. The lowest BCUT2D eigenvalue weighted by Crippen LogP contribution is -2.22. The Hall–Kier alpha value is -1.91. The maximum atomic E-state index is 10.4. The number of hydrogen-bond donors (Lipinski definition) is 3. The Morgan fingerprint density at radius 1 is 0.846 bits per heavy atom. The minimum absolute atomic E-state index is 0.269. The van der Waals surface area contributed by atoms with Gasteiger partial charge in [-0.3, -0.25) is 4.79 Å². The van der Waals surface area contributed by atoms with Crippen LogP contribution < -0.4 is 0 Å². The molecule has 0 aromatic rings. The topological polar surface area (TPSA) is 77.8 Å². The number of unbranched alkanes of at least 4 members (excludes halogenated alkanes) is 4. The van der Waals surface area contributed by atoms with Gasteiger partial charge in [0.2, 0.25) is 0 Å². The van der Waals surface area contributed by atoms with Gasteiger partial charge in [0, 0.05) is 6.42 Å². The van der Waals surface area contributed by atoms with E-state index in [0.717, 1.165) is 38.5 Å². The van der Waals surface area contributed by atoms with E-state index in [9.17, 15) is 15.0 Å². The van der Waals surface area contributed by atoms with Gasteiger partial charge in [0.25, 0.3) is 0 Å². The van der Waals surface area contributed by atoms with E-state index in [-0.39, 0.29) is 6.42 Å². The molecule has 0 rings (SSSR count). The summed E-state index contributed by atoms with van der Waals surface area (Å²) >= 11 is 0. The second kappa shape index (κ2) is 17.9. The first kappa shape index (κ1) is 24.1. The minimum atomic E-state index is -0.861. The van der Waals surface area contributed by atoms with Crippen LogP contribution in [0.2, 0.25) is 0 Å². The molecule has 0 radical (unpaired) electrons. The van der Waals surface area contributed by atoms with Crippen LogP contribution in [0.5, 0.6) is 0 Å². The molecule has 0 fully saturated rings. The Kier molecular flexibility index (Phi) is 16.6. The molecule has 0 saturated carbocycles. The van der Waals surface area contributed by atoms with Crippen LogP contribution in [0.1, 0.15) is 58.3 Å². The maximum Gasteiger partial charge on any atom is 0.303 e. The summed E-state index contributed by atoms with van der Waals surface area (Å²) in [6, 6.07) is 0. The van der Waals surface area contributed by atoms with Crippen molar-refractivity contribution in [3.8, 4) is 0 Å². The highest BCUT2D eigenvalue weighted by Gasteiger charge is 2.10. The molecule has 4 heteroatoms. The number of aliphatic hydroxyl groups is 2. The number of carbonyl (C=O) groups is 1. The highest BCUT2D eigenvalue weighted by atomic mass is 16.4. The van der Waals surface area contributed by atoms with Crippen molar-refractivity contribution >= 4 is 5.97 Å². The summed E-state index contributed by atoms with van der Waals surface area (Å²) in [5.41, 5.74) is 0. The van der Waals surface area contributed by atoms with Crippen LogP contribution in [-0.2, 0) is 4.79 Å². The van der Waals surface area contributed by atoms with Gasteiger partial charge in [-0.2, -0.15) is 0 Å². The molecule has 0 amide bonds. The first-order valence-electron chi connectivity index (χ1n) is 9.47. The maximum absolute atomic E-state index is 10.4. The van der Waals surface area contributed by atoms with E-state index < -0.39 is 18.2 Å². The van der Waals surface area contributed by atoms with E-state index in [1.807, 2.05) is 49.5 Å². The third-order valence-electron chi connectivity index (χ3n) is 3.69. The fraction of sp³-hybridized carbons (Fsp3) is 0.500. The molecule has 3 N–H and O–H groups in total. The average Bonchev–Trinajstić information content (AvgIpc) is 2.61. The molecule has 4 nitrogen and oxygen atoms in total. The lowest BCUT2D eigenvalue weighted by molar-refractivity contribution is -0.137. The Labute approximate surface area is 157 Å². The molecule has 0 bridgehead atoms. The Morgan fingerprint density at radius 2 is 1.50 bits per heavy atom. The highest BCUT2D eigenvalue weighted by molar-refractivity contribution is 5.66. The third kappa shape index (κ3) is 16.9. The van der Waals surface area contributed by atoms with Crippen molar-refractivity contribution < 1.29 is 20.1 Å². The third-order valence-corrected chi connectivity index (χ3v) is 3.69. The fourth-order valence-corrected chi connectivity index (χ4v) is 2.17. The molecule has 26 heavy (non-hydrogen) atoms. The summed E-state index contributed by atoms with van der Waals surface area (Å²) in [5.74, 6) is -0.715. The van der Waals surface area contributed by atoms with Crippen LogP contribution in [0.4, 0.5) is 0 Å². The first-order valence-corrected chi connectivity index (χ1v) is 9.47. The van der Waals surface area contributed by atoms with Crippen molar-refractivity contribution in [3.05, 3.63) is 60.8 Å². The first-order chi connectivity index (χ1) is 12.6. The van der Waals surface area contributed by atoms with Crippen LogP contribution in [0.3, 0.4) is 0 Å². The van der Waals surface area contributed by atoms with Crippen molar-refractivity contribution in [1.29, 1.82) is 0 Å². The number of aliphatic carboxylic acids is 1. The van der Waals surface area contributed by atoms with Gasteiger partial charge in [-0.15, -0.1) is 0 Å². The largest absolute Gasteiger partial charge is 0.481 e. The Bertz CT molecular complexity index is 486. The van der Waals surface area contributed by atoms with Gasteiger partial charge in [-0.05, 0) is 32.1 Å². The van der Waals surface area contributed by atoms with Crippen molar-refractivity contribution in [2.45, 2.75) is 70.5 Å². The van der Waals surface area contributed by atoms with E-state index in [0.29, 0.717) is 6.42 Å². The molecule has 0 aliphatic carbocycles. The minimum Gasteiger partial charge on any atom is -0.481 e. The second-order valence-corrected chi connectivity index (χ2v) is 6.10. The molecule has 0 spiro atoms. The SMILES string of the molecule is CC/C=C\CC(O)C(O)/C=C/C=C\C=C/C=C/CCCCCCC(=O)O. The van der Waals surface area contributed by atoms with Gasteiger partial charge in [-0.25, -0.2) is 0 Å². The van der Waals surface area contributed by atoms with E-state index in [2.05, 4.69) is 6.08 Å². The number of hydrogen-bond acceptors (Lipinski definition) is 3. The van der Waals surface area contributed by atoms with Crippen molar-refractivity contribution in [2.24, 2.45) is 0 Å². The molecule has 0 heterocycles. The van der Waals surface area contributed by atoms with E-state index >= 15 is 0 Å². The number of allylic oxidation sites excluding steroid dienone is 8. The zero-order valence-electron chi connectivity index (χ0n) is 15.8. The molecular formula is C22H34O4. The number of rotatable bonds is 15. The molecular weight excluding hydrogens is 328 g/mol. The summed E-state index contributed by atoms with van der Waals surface area (Å²) in [4.78, 5) is 10.4. The van der Waals surface area contributed by atoms with E-state index in [4.69, 9.17) is 5.11 Å². The normalized spacial score (nSPS) is 15.2. The van der Waals surface area contributed by atoms with Gasteiger partial charge in [0.05, 0.1) is 12.2 Å². The van der Waals surface area contributed by atoms with Gasteiger partial charge in [0.15, 0.2) is 0 Å². The molecule has 0 saturated heterocycles. The zero-order valence-corrected chi connectivity index (χ0v) is 15.8. The highest BCUT2D eigenvalue weighted by Crippen LogP contribution is 2.06. The molecule has 146 valence electrons. The molecule has 0 aromatic carbocycles. The summed E-state index contributed by atoms with van der Waals surface area (Å²) in [6.07, 6.45) is 23.6. The lowest BCUT2D eigenvalue weighted by atomic mass is 10.1. The zero-order chi connectivity index (χ0) is 19.5. The number of carboxylic acid groups (broad SMARTS) is 1. The Balaban J connectivity index is 3.76. The van der Waals surface area contributed by atoms with Crippen molar-refractivity contribution in [1.82, 2.24) is 0 Å². The predicted molar refractivity (Wildman–Crippen MR) is 108 cm³/mol. The molecule has 2 unspecified atom stereocenters. The summed E-state index contributed by atoms with van der Waals surface area (Å²) in [6.45, 7) is 2.03. The van der Waals surface area contributed by atoms with Gasteiger partial charge in [-0.1, -0.05) is 80.5 Å². The summed E-state index contributed by atoms with van der Waals surface area (Å²) < 4.78 is 0. The van der Waals surface area contributed by atoms with Crippen molar-refractivity contribution in [3.63, 3.8) is 0 Å². The van der Waals surface area contributed by atoms with Crippen LogP contribution >= 0.6 is 0 Å². The van der Waals surface area contributed by atoms with E-state index in [1.165, 1.54) is 0 Å². The molecule has 0 aliphatic rings. The summed E-state index contributed by atoms with van der Waals surface area (Å²) in [5, 5.41) is 28.0. The number of aliphatic hydroxyl groups excluding tert-OH is 2. The monoisotopic (exact) mass is 362 g/mol. The smallest absolute Gasteiger partial charge is 0.303 e. The van der Waals surface area contributed by atoms with Crippen LogP contribution in [-0.4, -0.2) is 33.5 Å². The molecule has 0 aromatic heterocycles. The summed E-state index contributed by atoms with van der Waals surface area (Å²) in [7, 11) is 0. The number of carboxylic acids is 1. The van der Waals surface area contributed by atoms with Crippen LogP contribution in [0.15, 0.2) is 60.8 Å². The van der Waals surface area contributed by atoms with E-state index in [1.54, 1.807) is 12.2 Å². The molecule has 2 atom stereocenters. The van der Waals surface area contributed by atoms with Crippen molar-refractivity contribution in [2.75, 3.05) is 0 Å². The second-order valence-electron chi connectivity index (χ2n) is 6.10.